The second kappa shape index (κ2) is 7.77. The summed E-state index contributed by atoms with van der Waals surface area (Å²) in [6.07, 6.45) is 1.40. The van der Waals surface area contributed by atoms with E-state index in [2.05, 4.69) is 15.0 Å². The number of halogens is 4. The summed E-state index contributed by atoms with van der Waals surface area (Å²) in [5.74, 6) is 0. The Balaban J connectivity index is 0.00000231. The van der Waals surface area contributed by atoms with Gasteiger partial charge in [0.25, 0.3) is 0 Å². The molecule has 9 heteroatoms. The van der Waals surface area contributed by atoms with E-state index >= 15 is 0 Å². The molecule has 0 bridgehead atoms. The topological polar surface area (TPSA) is 56.0 Å². The van der Waals surface area contributed by atoms with Crippen molar-refractivity contribution >= 4 is 40.0 Å². The summed E-state index contributed by atoms with van der Waals surface area (Å²) in [6, 6.07) is 10.3. The molecule has 0 radical (unpaired) electrons. The zero-order chi connectivity index (χ0) is 20.9. The van der Waals surface area contributed by atoms with Crippen molar-refractivity contribution in [2.45, 2.75) is 25.9 Å². The number of aryl methyl sites for hydroxylation is 3. The molecule has 0 aromatic carbocycles. The van der Waals surface area contributed by atoms with Crippen LogP contribution in [0.4, 0.5) is 13.2 Å². The SMILES string of the molecule is Cc1c(CCc2ccc3cc(C(F)(F)F)cnc3n2)nc2c3cccnc3ccn12.Cl. The molecule has 0 unspecified atom stereocenters. The molecule has 0 saturated heterocycles. The largest absolute Gasteiger partial charge is 0.417 e. The van der Waals surface area contributed by atoms with Crippen molar-refractivity contribution < 1.29 is 13.2 Å². The molecule has 5 rings (SSSR count). The van der Waals surface area contributed by atoms with Crippen molar-refractivity contribution in [2.24, 2.45) is 0 Å². The number of imidazole rings is 1. The number of fused-ring (bicyclic) bond motifs is 4. The molecule has 0 saturated carbocycles. The van der Waals surface area contributed by atoms with Crippen molar-refractivity contribution in [3.05, 3.63) is 77.6 Å². The Hall–Kier alpha value is -3.26. The van der Waals surface area contributed by atoms with Gasteiger partial charge in [0.15, 0.2) is 5.65 Å². The highest BCUT2D eigenvalue weighted by atomic mass is 35.5. The van der Waals surface area contributed by atoms with Crippen LogP contribution in [-0.2, 0) is 19.0 Å². The first-order chi connectivity index (χ1) is 14.4. The molecule has 0 aliphatic rings. The van der Waals surface area contributed by atoms with E-state index in [1.165, 1.54) is 0 Å². The van der Waals surface area contributed by atoms with Gasteiger partial charge in [-0.3, -0.25) is 4.98 Å². The van der Waals surface area contributed by atoms with Crippen molar-refractivity contribution in [3.8, 4) is 0 Å². The van der Waals surface area contributed by atoms with Gasteiger partial charge in [-0.2, -0.15) is 13.2 Å². The number of rotatable bonds is 3. The molecule has 0 aliphatic carbocycles. The van der Waals surface area contributed by atoms with Crippen LogP contribution in [0, 0.1) is 6.92 Å². The smallest absolute Gasteiger partial charge is 0.303 e. The van der Waals surface area contributed by atoms with Crippen LogP contribution in [0.3, 0.4) is 0 Å². The lowest BCUT2D eigenvalue weighted by Crippen LogP contribution is -2.06. The van der Waals surface area contributed by atoms with Gasteiger partial charge in [-0.15, -0.1) is 12.4 Å². The Bertz CT molecular complexity index is 1410. The molecule has 5 aromatic rings. The highest BCUT2D eigenvalue weighted by Crippen LogP contribution is 2.30. The quantitative estimate of drug-likeness (QED) is 0.376. The van der Waals surface area contributed by atoms with E-state index in [0.717, 1.165) is 45.9 Å². The van der Waals surface area contributed by atoms with E-state index < -0.39 is 11.7 Å². The summed E-state index contributed by atoms with van der Waals surface area (Å²) in [4.78, 5) is 17.5. The highest BCUT2D eigenvalue weighted by molar-refractivity contribution is 5.91. The van der Waals surface area contributed by atoms with Gasteiger partial charge in [-0.25, -0.2) is 15.0 Å². The monoisotopic (exact) mass is 443 g/mol. The lowest BCUT2D eigenvalue weighted by atomic mass is 10.1. The van der Waals surface area contributed by atoms with E-state index in [9.17, 15) is 13.2 Å². The van der Waals surface area contributed by atoms with Crippen LogP contribution in [0.25, 0.3) is 27.6 Å². The molecule has 0 fully saturated rings. The van der Waals surface area contributed by atoms with Gasteiger partial charge in [0.2, 0.25) is 0 Å². The van der Waals surface area contributed by atoms with Crippen molar-refractivity contribution in [2.75, 3.05) is 0 Å². The van der Waals surface area contributed by atoms with E-state index in [0.29, 0.717) is 23.9 Å². The summed E-state index contributed by atoms with van der Waals surface area (Å²) in [5.41, 5.74) is 4.05. The van der Waals surface area contributed by atoms with Gasteiger partial charge in [-0.05, 0) is 56.2 Å². The van der Waals surface area contributed by atoms with E-state index in [1.54, 1.807) is 18.3 Å². The minimum Gasteiger partial charge on any atom is -0.303 e. The molecular formula is C22H17ClF3N5. The molecule has 0 N–H and O–H groups in total. The van der Waals surface area contributed by atoms with Crippen molar-refractivity contribution in [1.82, 2.24) is 24.3 Å². The third kappa shape index (κ3) is 3.79. The second-order valence-corrected chi connectivity index (χ2v) is 7.16. The molecule has 158 valence electrons. The molecule has 0 amide bonds. The van der Waals surface area contributed by atoms with Crippen LogP contribution in [0.2, 0.25) is 0 Å². The fourth-order valence-corrected chi connectivity index (χ4v) is 3.64. The third-order valence-electron chi connectivity index (χ3n) is 5.25. The maximum Gasteiger partial charge on any atom is 0.417 e. The number of aromatic nitrogens is 5. The minimum absolute atomic E-state index is 0. The van der Waals surface area contributed by atoms with Crippen LogP contribution in [0.15, 0.2) is 55.0 Å². The Labute approximate surface area is 181 Å². The zero-order valence-electron chi connectivity index (χ0n) is 16.4. The van der Waals surface area contributed by atoms with Gasteiger partial charge < -0.3 is 4.40 Å². The second-order valence-electron chi connectivity index (χ2n) is 7.16. The summed E-state index contributed by atoms with van der Waals surface area (Å²) in [7, 11) is 0. The normalized spacial score (nSPS) is 11.9. The average Bonchev–Trinajstić information content (AvgIpc) is 3.07. The Morgan fingerprint density at radius 3 is 2.65 bits per heavy atom. The highest BCUT2D eigenvalue weighted by Gasteiger charge is 2.31. The van der Waals surface area contributed by atoms with Gasteiger partial charge in [-0.1, -0.05) is 0 Å². The van der Waals surface area contributed by atoms with Gasteiger partial charge in [0.05, 0.1) is 16.8 Å². The Morgan fingerprint density at radius 1 is 1.00 bits per heavy atom. The number of nitrogens with zero attached hydrogens (tertiary/aromatic N) is 5. The molecule has 5 heterocycles. The van der Waals surface area contributed by atoms with Crippen LogP contribution >= 0.6 is 12.4 Å². The van der Waals surface area contributed by atoms with Crippen molar-refractivity contribution in [1.29, 1.82) is 0 Å². The van der Waals surface area contributed by atoms with Gasteiger partial charge in [0, 0.05) is 40.8 Å². The molecule has 0 atom stereocenters. The van der Waals surface area contributed by atoms with Crippen LogP contribution < -0.4 is 0 Å². The van der Waals surface area contributed by atoms with Gasteiger partial charge >= 0.3 is 6.18 Å². The van der Waals surface area contributed by atoms with Crippen LogP contribution in [0.5, 0.6) is 0 Å². The molecular weight excluding hydrogens is 427 g/mol. The number of hydrogen-bond acceptors (Lipinski definition) is 4. The molecule has 5 aromatic heterocycles. The molecule has 0 spiro atoms. The van der Waals surface area contributed by atoms with Gasteiger partial charge in [0.1, 0.15) is 5.65 Å². The predicted molar refractivity (Wildman–Crippen MR) is 114 cm³/mol. The lowest BCUT2D eigenvalue weighted by molar-refractivity contribution is -0.137. The van der Waals surface area contributed by atoms with E-state index in [1.807, 2.05) is 35.7 Å². The maximum absolute atomic E-state index is 12.9. The van der Waals surface area contributed by atoms with Crippen molar-refractivity contribution in [3.63, 3.8) is 0 Å². The molecule has 31 heavy (non-hydrogen) atoms. The summed E-state index contributed by atoms with van der Waals surface area (Å²) in [6.45, 7) is 2.02. The third-order valence-corrected chi connectivity index (χ3v) is 5.25. The predicted octanol–water partition coefficient (Wildman–Crippen LogP) is 5.36. The van der Waals surface area contributed by atoms with Crippen LogP contribution in [-0.4, -0.2) is 24.3 Å². The average molecular weight is 444 g/mol. The first kappa shape index (κ1) is 21.0. The first-order valence-electron chi connectivity index (χ1n) is 9.44. The molecule has 5 nitrogen and oxygen atoms in total. The summed E-state index contributed by atoms with van der Waals surface area (Å²) in [5, 5.41) is 1.36. The maximum atomic E-state index is 12.9. The van der Waals surface area contributed by atoms with Crippen LogP contribution in [0.1, 0.15) is 22.6 Å². The standard InChI is InChI=1S/C22H16F3N5.ClH/c1-13-18(29-21-17-3-2-9-26-19(17)8-10-30(13)21)7-6-16-5-4-14-11-15(22(23,24)25)12-27-20(14)28-16;/h2-5,8-12H,6-7H2,1H3;1H. The summed E-state index contributed by atoms with van der Waals surface area (Å²) >= 11 is 0. The fraction of sp³-hybridized carbons (Fsp3) is 0.182. The number of alkyl halides is 3. The Morgan fingerprint density at radius 2 is 1.84 bits per heavy atom. The Kier molecular flexibility index (Phi) is 5.26. The number of pyridine rings is 4. The zero-order valence-corrected chi connectivity index (χ0v) is 17.2. The van der Waals surface area contributed by atoms with E-state index in [4.69, 9.17) is 4.98 Å². The number of hydrogen-bond donors (Lipinski definition) is 0. The fourth-order valence-electron chi connectivity index (χ4n) is 3.64. The van der Waals surface area contributed by atoms with E-state index in [-0.39, 0.29) is 12.4 Å². The summed E-state index contributed by atoms with van der Waals surface area (Å²) < 4.78 is 40.6. The molecule has 0 aliphatic heterocycles. The minimum atomic E-state index is -4.42. The first-order valence-corrected chi connectivity index (χ1v) is 9.44. The lowest BCUT2D eigenvalue weighted by Gasteiger charge is -2.07.